The highest BCUT2D eigenvalue weighted by Gasteiger charge is 2.41. The second-order valence-electron chi connectivity index (χ2n) is 6.71. The smallest absolute Gasteiger partial charge is 0.331 e. The van der Waals surface area contributed by atoms with Crippen LogP contribution in [0, 0.1) is 10.1 Å². The van der Waals surface area contributed by atoms with E-state index in [4.69, 9.17) is 16.6 Å². The summed E-state index contributed by atoms with van der Waals surface area (Å²) in [5, 5.41) is 20.5. The molecule has 1 amide bonds. The van der Waals surface area contributed by atoms with Crippen molar-refractivity contribution in [2.75, 3.05) is 0 Å². The zero-order valence-electron chi connectivity index (χ0n) is 16.2. The monoisotopic (exact) mass is 466 g/mol. The minimum Gasteiger partial charge on any atom is -0.479 e. The Kier molecular flexibility index (Phi) is 5.89. The molecule has 1 aromatic heterocycles. The fraction of sp³-hybridized carbons (Fsp3) is 0.0455. The van der Waals surface area contributed by atoms with Crippen LogP contribution in [0.4, 0.5) is 5.69 Å². The summed E-state index contributed by atoms with van der Waals surface area (Å²) in [4.78, 5) is 36.6. The first-order valence-corrected chi connectivity index (χ1v) is 10.5. The Morgan fingerprint density at radius 1 is 1.12 bits per heavy atom. The number of rotatable bonds is 6. The number of carbonyl (C=O) groups is 2. The lowest BCUT2D eigenvalue weighted by Gasteiger charge is -2.23. The van der Waals surface area contributed by atoms with Crippen molar-refractivity contribution >= 4 is 51.9 Å². The average Bonchev–Trinajstić information content (AvgIpc) is 3.35. The number of amides is 1. The fourth-order valence-electron chi connectivity index (χ4n) is 3.20. The highest BCUT2D eigenvalue weighted by atomic mass is 32.2. The molecule has 0 aliphatic carbocycles. The Morgan fingerprint density at radius 2 is 1.81 bits per heavy atom. The number of furan rings is 1. The molecule has 0 bridgehead atoms. The summed E-state index contributed by atoms with van der Waals surface area (Å²) in [5.41, 5.74) is 1.05. The molecule has 32 heavy (non-hydrogen) atoms. The second-order valence-corrected chi connectivity index (χ2v) is 8.38. The number of nitrogens with zero attached hydrogens (tertiary/aromatic N) is 2. The maximum absolute atomic E-state index is 13.0. The lowest BCUT2D eigenvalue weighted by Crippen LogP contribution is -2.37. The van der Waals surface area contributed by atoms with Crippen molar-refractivity contribution in [3.05, 3.63) is 93.1 Å². The number of hydrogen-bond acceptors (Lipinski definition) is 7. The largest absolute Gasteiger partial charge is 0.479 e. The number of nitro benzene ring substituents is 1. The number of thioether (sulfide) groups is 1. The molecule has 1 N–H and O–H groups in total. The highest BCUT2D eigenvalue weighted by Crippen LogP contribution is 2.39. The molecular weight excluding hydrogens is 452 g/mol. The van der Waals surface area contributed by atoms with Crippen LogP contribution in [0.3, 0.4) is 0 Å². The molecule has 0 saturated carbocycles. The zero-order chi connectivity index (χ0) is 22.8. The van der Waals surface area contributed by atoms with Crippen molar-refractivity contribution in [3.63, 3.8) is 0 Å². The van der Waals surface area contributed by atoms with Gasteiger partial charge in [-0.15, -0.1) is 0 Å². The van der Waals surface area contributed by atoms with Gasteiger partial charge in [-0.3, -0.25) is 19.8 Å². The molecule has 1 unspecified atom stereocenters. The SMILES string of the molecule is O=C(O)C(c1ccccc1)N1C(=O)C(=Cc2ccc(-c3ccc([N+](=O)[O-])cc3)o2)SC1=S. The van der Waals surface area contributed by atoms with Crippen LogP contribution in [0.25, 0.3) is 17.4 Å². The highest BCUT2D eigenvalue weighted by molar-refractivity contribution is 8.26. The van der Waals surface area contributed by atoms with E-state index in [-0.39, 0.29) is 14.9 Å². The van der Waals surface area contributed by atoms with Crippen molar-refractivity contribution in [1.82, 2.24) is 4.90 Å². The number of thiocarbonyl (C=S) groups is 1. The van der Waals surface area contributed by atoms with Gasteiger partial charge in [-0.1, -0.05) is 54.3 Å². The molecule has 160 valence electrons. The Morgan fingerprint density at radius 3 is 2.44 bits per heavy atom. The van der Waals surface area contributed by atoms with Crippen molar-refractivity contribution < 1.29 is 24.0 Å². The van der Waals surface area contributed by atoms with Gasteiger partial charge in [-0.2, -0.15) is 0 Å². The summed E-state index contributed by atoms with van der Waals surface area (Å²) in [5.74, 6) is -0.878. The van der Waals surface area contributed by atoms with Gasteiger partial charge in [0, 0.05) is 23.8 Å². The molecule has 1 aliphatic heterocycles. The lowest BCUT2D eigenvalue weighted by atomic mass is 10.1. The van der Waals surface area contributed by atoms with Gasteiger partial charge >= 0.3 is 5.97 Å². The van der Waals surface area contributed by atoms with E-state index in [1.165, 1.54) is 18.2 Å². The standard InChI is InChI=1S/C22H14N2O6S2/c25-20-18(32-22(31)23(20)19(21(26)27)14-4-2-1-3-5-14)12-16-10-11-17(30-16)13-6-8-15(9-7-13)24(28)29/h1-12,19H,(H,26,27). The first-order valence-electron chi connectivity index (χ1n) is 9.24. The number of benzene rings is 2. The number of carbonyl (C=O) groups excluding carboxylic acids is 1. The van der Waals surface area contributed by atoms with E-state index in [0.29, 0.717) is 22.6 Å². The third-order valence-electron chi connectivity index (χ3n) is 4.69. The summed E-state index contributed by atoms with van der Waals surface area (Å²) < 4.78 is 5.89. The van der Waals surface area contributed by atoms with Crippen LogP contribution in [-0.2, 0) is 9.59 Å². The third-order valence-corrected chi connectivity index (χ3v) is 6.02. The van der Waals surface area contributed by atoms with Crippen LogP contribution in [0.2, 0.25) is 0 Å². The van der Waals surface area contributed by atoms with Crippen molar-refractivity contribution in [2.24, 2.45) is 0 Å². The van der Waals surface area contributed by atoms with Crippen molar-refractivity contribution in [3.8, 4) is 11.3 Å². The molecule has 8 nitrogen and oxygen atoms in total. The second kappa shape index (κ2) is 8.77. The Hall–Kier alpha value is -3.76. The molecule has 3 aromatic rings. The van der Waals surface area contributed by atoms with Crippen LogP contribution >= 0.6 is 24.0 Å². The molecule has 1 atom stereocenters. The summed E-state index contributed by atoms with van der Waals surface area (Å²) in [6, 6.07) is 16.4. The topological polar surface area (TPSA) is 114 Å². The maximum Gasteiger partial charge on any atom is 0.331 e. The molecular formula is C22H14N2O6S2. The van der Waals surface area contributed by atoms with E-state index >= 15 is 0 Å². The zero-order valence-corrected chi connectivity index (χ0v) is 17.8. The van der Waals surface area contributed by atoms with E-state index in [0.717, 1.165) is 16.7 Å². The molecule has 2 heterocycles. The van der Waals surface area contributed by atoms with Gasteiger partial charge in [0.25, 0.3) is 11.6 Å². The lowest BCUT2D eigenvalue weighted by molar-refractivity contribution is -0.384. The molecule has 10 heteroatoms. The molecule has 4 rings (SSSR count). The predicted molar refractivity (Wildman–Crippen MR) is 123 cm³/mol. The van der Waals surface area contributed by atoms with Crippen LogP contribution < -0.4 is 0 Å². The number of non-ortho nitro benzene ring substituents is 1. The fourth-order valence-corrected chi connectivity index (χ4v) is 4.50. The van der Waals surface area contributed by atoms with E-state index in [2.05, 4.69) is 0 Å². The Labute approximate surface area is 191 Å². The number of carboxylic acids is 1. The summed E-state index contributed by atoms with van der Waals surface area (Å²) >= 11 is 6.30. The Balaban J connectivity index is 1.59. The van der Waals surface area contributed by atoms with Crippen LogP contribution in [0.15, 0.2) is 76.1 Å². The van der Waals surface area contributed by atoms with Gasteiger partial charge in [-0.25, -0.2) is 4.79 Å². The maximum atomic E-state index is 13.0. The van der Waals surface area contributed by atoms with E-state index in [1.54, 1.807) is 54.6 Å². The van der Waals surface area contributed by atoms with Gasteiger partial charge in [0.2, 0.25) is 0 Å². The normalized spacial score (nSPS) is 15.9. The van der Waals surface area contributed by atoms with Gasteiger partial charge in [-0.05, 0) is 29.8 Å². The number of carboxylic acid groups (broad SMARTS) is 1. The summed E-state index contributed by atoms with van der Waals surface area (Å²) in [7, 11) is 0. The first kappa shape index (κ1) is 21.5. The van der Waals surface area contributed by atoms with Gasteiger partial charge < -0.3 is 9.52 Å². The van der Waals surface area contributed by atoms with Gasteiger partial charge in [0.05, 0.1) is 9.83 Å². The number of aliphatic carboxylic acids is 1. The van der Waals surface area contributed by atoms with Crippen molar-refractivity contribution in [2.45, 2.75) is 6.04 Å². The van der Waals surface area contributed by atoms with Gasteiger partial charge in [0.15, 0.2) is 6.04 Å². The average molecular weight is 466 g/mol. The van der Waals surface area contributed by atoms with Gasteiger partial charge in [0.1, 0.15) is 15.8 Å². The molecule has 1 saturated heterocycles. The summed E-state index contributed by atoms with van der Waals surface area (Å²) in [6.07, 6.45) is 1.50. The van der Waals surface area contributed by atoms with E-state index in [1.807, 2.05) is 0 Å². The number of hydrogen-bond donors (Lipinski definition) is 1. The molecule has 0 spiro atoms. The predicted octanol–water partition coefficient (Wildman–Crippen LogP) is 4.88. The van der Waals surface area contributed by atoms with Crippen LogP contribution in [0.1, 0.15) is 17.4 Å². The van der Waals surface area contributed by atoms with Crippen LogP contribution in [-0.4, -0.2) is 31.1 Å². The van der Waals surface area contributed by atoms with Crippen LogP contribution in [0.5, 0.6) is 0 Å². The first-order chi connectivity index (χ1) is 15.3. The molecule has 1 aliphatic rings. The summed E-state index contributed by atoms with van der Waals surface area (Å²) in [6.45, 7) is 0. The molecule has 0 radical (unpaired) electrons. The quantitative estimate of drug-likeness (QED) is 0.237. The van der Waals surface area contributed by atoms with E-state index in [9.17, 15) is 24.8 Å². The minimum atomic E-state index is -1.23. The van der Waals surface area contributed by atoms with E-state index < -0.39 is 22.8 Å². The Bertz CT molecular complexity index is 1250. The van der Waals surface area contributed by atoms with Crippen molar-refractivity contribution in [1.29, 1.82) is 0 Å². The number of nitro groups is 1. The molecule has 1 fully saturated rings. The third kappa shape index (κ3) is 4.18. The minimum absolute atomic E-state index is 0.0318. The molecule has 2 aromatic carbocycles.